The van der Waals surface area contributed by atoms with Crippen LogP contribution in [0.3, 0.4) is 0 Å². The number of hydrogen-bond acceptors (Lipinski definition) is 25. The first-order valence-electron chi connectivity index (χ1n) is 26.6. The highest BCUT2D eigenvalue weighted by Gasteiger charge is 2.20. The molecular weight excluding hydrogens is 1060 g/mol. The van der Waals surface area contributed by atoms with Gasteiger partial charge in [-0.25, -0.2) is 9.59 Å². The van der Waals surface area contributed by atoms with Crippen LogP contribution in [0, 0.1) is 0 Å². The van der Waals surface area contributed by atoms with Gasteiger partial charge >= 0.3 is 11.9 Å². The zero-order valence-electron chi connectivity index (χ0n) is 46.1. The Morgan fingerprint density at radius 1 is 0.400 bits per heavy atom. The van der Waals surface area contributed by atoms with Crippen molar-refractivity contribution in [3.05, 3.63) is 80.5 Å². The Morgan fingerprint density at radius 3 is 0.975 bits per heavy atom. The maximum Gasteiger partial charge on any atom is 0.374 e. The van der Waals surface area contributed by atoms with Crippen LogP contribution in [-0.2, 0) is 75.8 Å². The van der Waals surface area contributed by atoms with Crippen LogP contribution < -0.4 is 20.3 Å². The van der Waals surface area contributed by atoms with E-state index in [4.69, 9.17) is 94.1 Å². The number of methoxy groups -OCH3 is 2. The Bertz CT molecular complexity index is 2200. The van der Waals surface area contributed by atoms with Gasteiger partial charge in [0.15, 0.2) is 10.9 Å². The van der Waals surface area contributed by atoms with Crippen LogP contribution in [0.15, 0.2) is 67.0 Å². The van der Waals surface area contributed by atoms with E-state index in [1.165, 1.54) is 24.3 Å². The lowest BCUT2D eigenvalue weighted by Crippen LogP contribution is -2.25. The molecule has 0 aliphatic rings. The summed E-state index contributed by atoms with van der Waals surface area (Å²) >= 11 is 0. The standard InChI is InChI=1S/C55H80O25/c1-61-15-17-67-27-29-69-23-19-63-11-5-13-65-21-25-71-31-33-73-35-37-75-54(59)50-39-44(57)52-46(7-3-9-48(52)79-50)77-41-43(56)42-78-47-8-4-10-49-53(47)45(58)40-51(80-49)55(60)76-38-36-74-34-32-72-26-22-66-14-6-12-64-20-24-70-30-28-68-18-16-62-2/h3-4,7-10,39-40,43,56H,5-6,11-38,41-42H2,1-2H3. The lowest BCUT2D eigenvalue weighted by atomic mass is 10.2. The predicted molar refractivity (Wildman–Crippen MR) is 285 cm³/mol. The fourth-order valence-corrected chi connectivity index (χ4v) is 6.72. The number of rotatable bonds is 52. The van der Waals surface area contributed by atoms with Crippen molar-refractivity contribution in [3.63, 3.8) is 0 Å². The van der Waals surface area contributed by atoms with Crippen molar-refractivity contribution in [2.45, 2.75) is 18.9 Å². The lowest BCUT2D eigenvalue weighted by Gasteiger charge is -2.15. The van der Waals surface area contributed by atoms with Crippen LogP contribution in [0.2, 0.25) is 0 Å². The maximum atomic E-state index is 13.2. The molecule has 2 aromatic heterocycles. The average molecular weight is 1140 g/mol. The number of hydrogen-bond donors (Lipinski definition) is 1. The van der Waals surface area contributed by atoms with E-state index in [0.717, 1.165) is 25.0 Å². The second-order valence-electron chi connectivity index (χ2n) is 16.8. The number of esters is 2. The Morgan fingerprint density at radius 2 is 0.675 bits per heavy atom. The van der Waals surface area contributed by atoms with Crippen molar-refractivity contribution < 1.29 is 109 Å². The molecule has 25 heteroatoms. The number of carbonyl (C=O) groups excluding carboxylic acids is 2. The van der Waals surface area contributed by atoms with Crippen molar-refractivity contribution in [2.75, 3.05) is 212 Å². The summed E-state index contributed by atoms with van der Waals surface area (Å²) in [6.45, 7) is 10.6. The highest BCUT2D eigenvalue weighted by atomic mass is 16.6. The fraction of sp³-hybridized carbons (Fsp3) is 0.636. The average Bonchev–Trinajstić information content (AvgIpc) is 3.46. The number of aliphatic hydroxyl groups excluding tert-OH is 1. The molecule has 1 N–H and O–H groups in total. The number of aliphatic hydroxyl groups is 1. The van der Waals surface area contributed by atoms with Crippen molar-refractivity contribution >= 4 is 33.9 Å². The van der Waals surface area contributed by atoms with Crippen molar-refractivity contribution in [1.29, 1.82) is 0 Å². The molecule has 0 amide bonds. The number of carbonyl (C=O) groups is 2. The van der Waals surface area contributed by atoms with Gasteiger partial charge in [-0.2, -0.15) is 0 Å². The van der Waals surface area contributed by atoms with Gasteiger partial charge in [-0.3, -0.25) is 9.59 Å². The van der Waals surface area contributed by atoms with E-state index in [2.05, 4.69) is 0 Å². The lowest BCUT2D eigenvalue weighted by molar-refractivity contribution is -0.00819. The molecule has 0 unspecified atom stereocenters. The van der Waals surface area contributed by atoms with Gasteiger partial charge in [0.2, 0.25) is 11.5 Å². The smallest absolute Gasteiger partial charge is 0.374 e. The Hall–Kier alpha value is -5.20. The van der Waals surface area contributed by atoms with Crippen molar-refractivity contribution in [3.8, 4) is 11.5 Å². The summed E-state index contributed by atoms with van der Waals surface area (Å²) in [5.41, 5.74) is -1.05. The molecule has 4 rings (SSSR count). The molecule has 2 aromatic carbocycles. The monoisotopic (exact) mass is 1140 g/mol. The van der Waals surface area contributed by atoms with Gasteiger partial charge < -0.3 is 99.2 Å². The molecule has 0 saturated carbocycles. The van der Waals surface area contributed by atoms with Crippen LogP contribution in [0.25, 0.3) is 21.9 Å². The molecule has 0 aliphatic carbocycles. The topological polar surface area (TPSA) is 281 Å². The zero-order chi connectivity index (χ0) is 56.9. The highest BCUT2D eigenvalue weighted by molar-refractivity contribution is 5.91. The molecule has 0 radical (unpaired) electrons. The second kappa shape index (κ2) is 44.5. The largest absolute Gasteiger partial charge is 0.490 e. The molecule has 25 nitrogen and oxygen atoms in total. The molecule has 0 aliphatic heterocycles. The minimum Gasteiger partial charge on any atom is -0.490 e. The van der Waals surface area contributed by atoms with Crippen molar-refractivity contribution in [2.24, 2.45) is 0 Å². The molecule has 80 heavy (non-hydrogen) atoms. The molecule has 450 valence electrons. The number of benzene rings is 2. The van der Waals surface area contributed by atoms with Crippen LogP contribution in [0.5, 0.6) is 11.5 Å². The highest BCUT2D eigenvalue weighted by Crippen LogP contribution is 2.26. The second-order valence-corrected chi connectivity index (χ2v) is 16.8. The number of fused-ring (bicyclic) bond motifs is 2. The van der Waals surface area contributed by atoms with Gasteiger partial charge in [0.25, 0.3) is 0 Å². The summed E-state index contributed by atoms with van der Waals surface area (Å²) in [7, 11) is 3.25. The summed E-state index contributed by atoms with van der Waals surface area (Å²) in [6.07, 6.45) is 0.256. The number of ether oxygens (including phenoxy) is 18. The van der Waals surface area contributed by atoms with Gasteiger partial charge in [-0.05, 0) is 37.1 Å². The first kappa shape index (κ1) is 67.3. The summed E-state index contributed by atoms with van der Waals surface area (Å²) in [6, 6.07) is 11.1. The molecule has 2 heterocycles. The van der Waals surface area contributed by atoms with E-state index in [1.807, 2.05) is 0 Å². The van der Waals surface area contributed by atoms with Crippen molar-refractivity contribution in [1.82, 2.24) is 0 Å². The van der Waals surface area contributed by atoms with Crippen LogP contribution in [0.1, 0.15) is 34.0 Å². The first-order chi connectivity index (χ1) is 39.3. The fourth-order valence-electron chi connectivity index (χ4n) is 6.72. The predicted octanol–water partition coefficient (Wildman–Crippen LogP) is 3.30. The Labute approximate surface area is 464 Å². The quantitative estimate of drug-likeness (QED) is 0.0490. The molecule has 4 aromatic rings. The van der Waals surface area contributed by atoms with E-state index >= 15 is 0 Å². The molecule has 0 saturated heterocycles. The minimum absolute atomic E-state index is 0.0366. The third-order valence-electron chi connectivity index (χ3n) is 10.6. The SMILES string of the molecule is COCCOCCOCCOCCCOCCOCCOCCOC(=O)c1cc(=O)c2c(OCC(O)COc3cccc4oc(C(=O)OCCOCCOCCOCCCOCCOCCOCCOC)cc(=O)c34)cccc2o1. The molecule has 0 atom stereocenters. The van der Waals surface area contributed by atoms with Gasteiger partial charge in [-0.1, -0.05) is 12.1 Å². The molecule has 0 bridgehead atoms. The maximum absolute atomic E-state index is 13.2. The summed E-state index contributed by atoms with van der Waals surface area (Å²) in [5.74, 6) is -2.18. The van der Waals surface area contributed by atoms with E-state index in [0.29, 0.717) is 145 Å². The minimum atomic E-state index is -1.24. The van der Waals surface area contributed by atoms with Crippen LogP contribution in [0.4, 0.5) is 0 Å². The summed E-state index contributed by atoms with van der Waals surface area (Å²) < 4.78 is 109. The normalized spacial score (nSPS) is 11.6. The van der Waals surface area contributed by atoms with E-state index in [9.17, 15) is 24.3 Å². The van der Waals surface area contributed by atoms with Gasteiger partial charge in [0.05, 0.1) is 145 Å². The van der Waals surface area contributed by atoms with Gasteiger partial charge in [0.1, 0.15) is 66.0 Å². The van der Waals surface area contributed by atoms with E-state index in [-0.39, 0.29) is 97.8 Å². The van der Waals surface area contributed by atoms with Gasteiger partial charge in [-0.15, -0.1) is 0 Å². The molecule has 0 spiro atoms. The van der Waals surface area contributed by atoms with E-state index in [1.54, 1.807) is 26.4 Å². The summed E-state index contributed by atoms with van der Waals surface area (Å²) in [4.78, 5) is 51.8. The van der Waals surface area contributed by atoms with Crippen LogP contribution in [-0.4, -0.2) is 236 Å². The first-order valence-corrected chi connectivity index (χ1v) is 26.6. The molecule has 0 fully saturated rings. The van der Waals surface area contributed by atoms with Gasteiger partial charge in [0, 0.05) is 52.8 Å². The zero-order valence-corrected chi connectivity index (χ0v) is 46.1. The van der Waals surface area contributed by atoms with Crippen LogP contribution >= 0.6 is 0 Å². The van der Waals surface area contributed by atoms with E-state index < -0.39 is 28.9 Å². The third-order valence-corrected chi connectivity index (χ3v) is 10.6. The summed E-state index contributed by atoms with van der Waals surface area (Å²) in [5, 5.41) is 10.8. The Kier molecular flexibility index (Phi) is 37.4. The molecular formula is C55H80O25. The Balaban J connectivity index is 1.02. The third kappa shape index (κ3) is 29.5.